The third kappa shape index (κ3) is 4.50. The molecule has 1 aliphatic heterocycles. The van der Waals surface area contributed by atoms with Crippen LogP contribution in [0.5, 0.6) is 17.2 Å². The van der Waals surface area contributed by atoms with Crippen molar-refractivity contribution in [2.24, 2.45) is 0 Å². The number of benzene rings is 2. The number of fused-ring (bicyclic) bond motifs is 3. The maximum Gasteiger partial charge on any atom is 0.201 e. The Morgan fingerprint density at radius 2 is 1.59 bits per heavy atom. The van der Waals surface area contributed by atoms with Gasteiger partial charge in [0.1, 0.15) is 47.8 Å². The molecular formula is C29H34O12. The number of methoxy groups -OCH3 is 4. The molecule has 12 heteroatoms. The van der Waals surface area contributed by atoms with Crippen LogP contribution in [0.4, 0.5) is 0 Å². The number of hydrogen-bond donors (Lipinski definition) is 4. The van der Waals surface area contributed by atoms with Gasteiger partial charge in [-0.15, -0.1) is 0 Å². The molecule has 0 aromatic heterocycles. The number of carbonyl (C=O) groups excluding carboxylic acids is 2. The van der Waals surface area contributed by atoms with E-state index in [1.54, 1.807) is 6.92 Å². The highest BCUT2D eigenvalue weighted by Gasteiger charge is 2.52. The fourth-order valence-electron chi connectivity index (χ4n) is 6.33. The normalized spacial score (nSPS) is 32.7. The van der Waals surface area contributed by atoms with E-state index in [0.29, 0.717) is 5.56 Å². The van der Waals surface area contributed by atoms with Crippen LogP contribution >= 0.6 is 0 Å². The summed E-state index contributed by atoms with van der Waals surface area (Å²) in [4.78, 5) is 27.3. The lowest BCUT2D eigenvalue weighted by atomic mass is 9.73. The van der Waals surface area contributed by atoms with Gasteiger partial charge in [-0.25, -0.2) is 0 Å². The molecule has 0 bridgehead atoms. The van der Waals surface area contributed by atoms with Gasteiger partial charge in [0.05, 0.1) is 29.9 Å². The Bertz CT molecular complexity index is 1380. The molecule has 222 valence electrons. The van der Waals surface area contributed by atoms with Crippen molar-refractivity contribution in [2.75, 3.05) is 28.4 Å². The predicted octanol–water partition coefficient (Wildman–Crippen LogP) is 1.40. The molecule has 2 aromatic rings. The van der Waals surface area contributed by atoms with Gasteiger partial charge in [0.15, 0.2) is 12.1 Å². The van der Waals surface area contributed by atoms with Gasteiger partial charge in [-0.1, -0.05) is 0 Å². The van der Waals surface area contributed by atoms with Crippen LogP contribution in [0.1, 0.15) is 62.9 Å². The summed E-state index contributed by atoms with van der Waals surface area (Å²) in [5.41, 5.74) is -1.84. The topological polar surface area (TPSA) is 170 Å². The maximum absolute atomic E-state index is 13.7. The lowest BCUT2D eigenvalue weighted by Crippen LogP contribution is -2.60. The molecule has 4 N–H and O–H groups in total. The first kappa shape index (κ1) is 29.4. The minimum absolute atomic E-state index is 0.0523. The van der Waals surface area contributed by atoms with E-state index in [9.17, 15) is 30.0 Å². The van der Waals surface area contributed by atoms with E-state index in [0.717, 1.165) is 0 Å². The van der Waals surface area contributed by atoms with E-state index in [4.69, 9.17) is 28.4 Å². The molecule has 8 atom stereocenters. The zero-order chi connectivity index (χ0) is 30.0. The Labute approximate surface area is 236 Å². The van der Waals surface area contributed by atoms with Crippen molar-refractivity contribution in [3.63, 3.8) is 0 Å². The number of phenolic OH excluding ortho intramolecular Hbond substituents is 2. The quantitative estimate of drug-likeness (QED) is 0.334. The van der Waals surface area contributed by atoms with Gasteiger partial charge in [-0.2, -0.15) is 0 Å². The summed E-state index contributed by atoms with van der Waals surface area (Å²) in [7, 11) is 5.52. The largest absolute Gasteiger partial charge is 0.507 e. The van der Waals surface area contributed by atoms with Gasteiger partial charge >= 0.3 is 0 Å². The number of carbonyl (C=O) groups is 2. The van der Waals surface area contributed by atoms with E-state index in [-0.39, 0.29) is 40.0 Å². The summed E-state index contributed by atoms with van der Waals surface area (Å²) in [5.74, 6) is -2.21. The van der Waals surface area contributed by atoms with Crippen LogP contribution in [0.3, 0.4) is 0 Å². The second-order valence-corrected chi connectivity index (χ2v) is 10.8. The number of aliphatic hydroxyl groups excluding tert-OH is 1. The molecule has 1 heterocycles. The summed E-state index contributed by atoms with van der Waals surface area (Å²) in [6.45, 7) is 3.21. The number of aliphatic hydroxyl groups is 2. The van der Waals surface area contributed by atoms with Crippen LogP contribution < -0.4 is 4.74 Å². The van der Waals surface area contributed by atoms with Gasteiger partial charge in [-0.3, -0.25) is 9.59 Å². The summed E-state index contributed by atoms with van der Waals surface area (Å²) >= 11 is 0. The number of ether oxygens (including phenoxy) is 6. The molecule has 1 fully saturated rings. The van der Waals surface area contributed by atoms with Gasteiger partial charge in [0, 0.05) is 50.5 Å². The van der Waals surface area contributed by atoms with Gasteiger partial charge in [-0.05, 0) is 31.5 Å². The average Bonchev–Trinajstić information content (AvgIpc) is 2.90. The first-order chi connectivity index (χ1) is 19.4. The van der Waals surface area contributed by atoms with Crippen molar-refractivity contribution >= 4 is 11.6 Å². The lowest BCUT2D eigenvalue weighted by molar-refractivity contribution is -0.325. The van der Waals surface area contributed by atoms with E-state index < -0.39 is 71.6 Å². The fraction of sp³-hybridized carbons (Fsp3) is 0.517. The average molecular weight is 575 g/mol. The molecule has 5 rings (SSSR count). The zero-order valence-corrected chi connectivity index (χ0v) is 23.5. The van der Waals surface area contributed by atoms with Gasteiger partial charge < -0.3 is 48.8 Å². The SMILES string of the molecule is COc1cc(O)c2c(c1)C(=O)c1cc3c(c(O)c1C2=O)[C@@H](O[C@H]1O[C@H](C)[C@@H](OC)[C@@H](O)[C@H]1OC)[C@@H](OC)[C@](C)(O)C3. The third-order valence-electron chi connectivity index (χ3n) is 8.25. The van der Waals surface area contributed by atoms with Crippen LogP contribution in [0.2, 0.25) is 0 Å². The summed E-state index contributed by atoms with van der Waals surface area (Å²) < 4.78 is 34.0. The molecule has 3 aliphatic rings. The van der Waals surface area contributed by atoms with Crippen molar-refractivity contribution in [3.05, 3.63) is 51.6 Å². The number of ketones is 2. The maximum atomic E-state index is 13.7. The smallest absolute Gasteiger partial charge is 0.201 e. The van der Waals surface area contributed by atoms with Crippen LogP contribution in [0.25, 0.3) is 0 Å². The standard InChI is InChI=1S/C29H34O12/c1-11-24(37-4)23(34)26(38-5)28(40-11)41-25-17-12(10-29(2,35)27(25)39-6)7-14-19(21(17)32)22(33)18-15(20(14)31)8-13(36-3)9-16(18)30/h7-9,11,23-28,30,32,34-35H,10H2,1-6H3/t11-,23-,24-,25-,26-,27-,28-,29-/m1/s1. The van der Waals surface area contributed by atoms with Crippen LogP contribution in [0, 0.1) is 0 Å². The van der Waals surface area contributed by atoms with Crippen molar-refractivity contribution in [3.8, 4) is 17.2 Å². The highest BCUT2D eigenvalue weighted by molar-refractivity contribution is 6.30. The Hall–Kier alpha value is -3.10. The molecular weight excluding hydrogens is 540 g/mol. The fourth-order valence-corrected chi connectivity index (χ4v) is 6.33. The molecule has 2 aliphatic carbocycles. The third-order valence-corrected chi connectivity index (χ3v) is 8.25. The Balaban J connectivity index is 1.65. The van der Waals surface area contributed by atoms with E-state index in [2.05, 4.69) is 0 Å². The highest BCUT2D eigenvalue weighted by Crippen LogP contribution is 2.49. The van der Waals surface area contributed by atoms with Crippen LogP contribution in [-0.4, -0.2) is 103 Å². The second-order valence-electron chi connectivity index (χ2n) is 10.8. The van der Waals surface area contributed by atoms with Crippen molar-refractivity contribution < 1.29 is 58.4 Å². The number of hydrogen-bond acceptors (Lipinski definition) is 12. The molecule has 41 heavy (non-hydrogen) atoms. The van der Waals surface area contributed by atoms with E-state index >= 15 is 0 Å². The van der Waals surface area contributed by atoms with Crippen LogP contribution in [0.15, 0.2) is 18.2 Å². The second kappa shape index (κ2) is 10.6. The Kier molecular flexibility index (Phi) is 7.62. The van der Waals surface area contributed by atoms with Crippen molar-refractivity contribution in [2.45, 2.75) is 68.8 Å². The van der Waals surface area contributed by atoms with Crippen molar-refractivity contribution in [1.82, 2.24) is 0 Å². The van der Waals surface area contributed by atoms with Gasteiger partial charge in [0.2, 0.25) is 5.78 Å². The summed E-state index contributed by atoms with van der Waals surface area (Å²) in [6, 6.07) is 4.00. The molecule has 0 radical (unpaired) electrons. The number of phenols is 2. The first-order valence-corrected chi connectivity index (χ1v) is 13.1. The lowest BCUT2D eigenvalue weighted by Gasteiger charge is -2.47. The molecule has 0 amide bonds. The minimum atomic E-state index is -1.55. The van der Waals surface area contributed by atoms with Crippen LogP contribution in [-0.2, 0) is 30.1 Å². The molecule has 1 saturated heterocycles. The Morgan fingerprint density at radius 1 is 0.927 bits per heavy atom. The summed E-state index contributed by atoms with van der Waals surface area (Å²) in [6.07, 6.45) is -7.07. The molecule has 0 unspecified atom stereocenters. The minimum Gasteiger partial charge on any atom is -0.507 e. The number of rotatable bonds is 6. The van der Waals surface area contributed by atoms with E-state index in [1.807, 2.05) is 0 Å². The molecule has 0 saturated carbocycles. The molecule has 12 nitrogen and oxygen atoms in total. The predicted molar refractivity (Wildman–Crippen MR) is 141 cm³/mol. The van der Waals surface area contributed by atoms with E-state index in [1.165, 1.54) is 53.6 Å². The molecule has 2 aromatic carbocycles. The monoisotopic (exact) mass is 574 g/mol. The highest BCUT2D eigenvalue weighted by atomic mass is 16.7. The first-order valence-electron chi connectivity index (χ1n) is 13.1. The van der Waals surface area contributed by atoms with Crippen molar-refractivity contribution in [1.29, 1.82) is 0 Å². The zero-order valence-electron chi connectivity index (χ0n) is 23.5. The number of aromatic hydroxyl groups is 2. The summed E-state index contributed by atoms with van der Waals surface area (Å²) in [5, 5.41) is 44.6. The van der Waals surface area contributed by atoms with Gasteiger partial charge in [0.25, 0.3) is 0 Å². The Morgan fingerprint density at radius 3 is 2.20 bits per heavy atom. The molecule has 0 spiro atoms.